The van der Waals surface area contributed by atoms with Gasteiger partial charge in [-0.3, -0.25) is 4.79 Å². The van der Waals surface area contributed by atoms with Crippen LogP contribution in [-0.4, -0.2) is 38.6 Å². The number of amides is 1. The average molecular weight is 393 g/mol. The molecule has 5 fully saturated rings. The molecule has 0 spiro atoms. The Hall–Kier alpha value is -1.81. The predicted molar refractivity (Wildman–Crippen MR) is 114 cm³/mol. The highest BCUT2D eigenvalue weighted by molar-refractivity contribution is 5.90. The van der Waals surface area contributed by atoms with Crippen LogP contribution in [0.3, 0.4) is 0 Å². The molecule has 1 aromatic carbocycles. The van der Waals surface area contributed by atoms with Gasteiger partial charge in [0.2, 0.25) is 5.91 Å². The van der Waals surface area contributed by atoms with Crippen LogP contribution in [0.1, 0.15) is 86.8 Å². The zero-order valence-corrected chi connectivity index (χ0v) is 17.6. The van der Waals surface area contributed by atoms with E-state index in [1.807, 2.05) is 0 Å². The van der Waals surface area contributed by atoms with Crippen LogP contribution in [0.2, 0.25) is 0 Å². The first-order chi connectivity index (χ1) is 13.9. The van der Waals surface area contributed by atoms with Gasteiger partial charge in [0.15, 0.2) is 0 Å². The minimum absolute atomic E-state index is 0.204. The molecule has 2 saturated heterocycles. The molecule has 3 unspecified atom stereocenters. The van der Waals surface area contributed by atoms with Crippen molar-refractivity contribution in [3.63, 3.8) is 0 Å². The van der Waals surface area contributed by atoms with Crippen LogP contribution >= 0.6 is 0 Å². The third-order valence-electron chi connectivity index (χ3n) is 8.32. The highest BCUT2D eigenvalue weighted by atomic mass is 16.3. The van der Waals surface area contributed by atoms with Crippen LogP contribution in [0, 0.1) is 12.8 Å². The zero-order valence-electron chi connectivity index (χ0n) is 17.6. The van der Waals surface area contributed by atoms with E-state index in [1.165, 1.54) is 40.4 Å². The Morgan fingerprint density at radius 1 is 1.24 bits per heavy atom. The Morgan fingerprint density at radius 2 is 1.97 bits per heavy atom. The number of aromatic nitrogens is 1. The number of piperidine rings is 2. The molecule has 2 aliphatic heterocycles. The van der Waals surface area contributed by atoms with Crippen molar-refractivity contribution in [2.75, 3.05) is 0 Å². The van der Waals surface area contributed by atoms with Crippen LogP contribution in [0.25, 0.3) is 10.9 Å². The minimum atomic E-state index is -0.494. The molecule has 4 bridgehead atoms. The molecule has 3 saturated carbocycles. The molecule has 2 aromatic rings. The van der Waals surface area contributed by atoms with Gasteiger partial charge in [-0.2, -0.15) is 0 Å². The second kappa shape index (κ2) is 6.10. The molecule has 7 rings (SSSR count). The van der Waals surface area contributed by atoms with Crippen molar-refractivity contribution >= 4 is 16.8 Å². The second-order valence-corrected chi connectivity index (χ2v) is 10.6. The summed E-state index contributed by atoms with van der Waals surface area (Å²) in [6, 6.07) is 4.95. The lowest BCUT2D eigenvalue weighted by Gasteiger charge is -2.59. The molecule has 3 atom stereocenters. The van der Waals surface area contributed by atoms with Crippen LogP contribution in [-0.2, 0) is 4.79 Å². The van der Waals surface area contributed by atoms with Crippen molar-refractivity contribution in [3.05, 3.63) is 35.0 Å². The molecule has 2 N–H and O–H groups in total. The number of aryl methyl sites for hydroxylation is 1. The Labute approximate surface area is 172 Å². The number of hydrogen-bond donors (Lipinski definition) is 2. The lowest BCUT2D eigenvalue weighted by atomic mass is 9.61. The number of carbonyl (C=O) groups is 1. The van der Waals surface area contributed by atoms with Gasteiger partial charge in [-0.15, -0.1) is 0 Å². The summed E-state index contributed by atoms with van der Waals surface area (Å²) in [4.78, 5) is 19.1. The highest BCUT2D eigenvalue weighted by Gasteiger charge is 2.54. The van der Waals surface area contributed by atoms with E-state index in [4.69, 9.17) is 0 Å². The molecule has 3 aliphatic carbocycles. The highest BCUT2D eigenvalue weighted by Crippen LogP contribution is 2.52. The fraction of sp³-hybridized carbons (Fsp3) is 0.640. The number of nitrogens with one attached hydrogen (secondary N) is 1. The van der Waals surface area contributed by atoms with Crippen molar-refractivity contribution in [2.24, 2.45) is 5.92 Å². The van der Waals surface area contributed by atoms with Gasteiger partial charge in [0.25, 0.3) is 0 Å². The SMILES string of the molecule is Cc1ccc2[nH]cc(C(C)CC(=O)N3C4CC5CC3CC(O)(C5)C4)c2c1C1CC1. The van der Waals surface area contributed by atoms with Crippen molar-refractivity contribution in [2.45, 2.75) is 94.7 Å². The third kappa shape index (κ3) is 2.78. The van der Waals surface area contributed by atoms with Gasteiger partial charge in [-0.05, 0) is 92.4 Å². The number of aliphatic hydroxyl groups is 1. The molecule has 0 radical (unpaired) electrons. The second-order valence-electron chi connectivity index (χ2n) is 10.6. The zero-order chi connectivity index (χ0) is 19.9. The van der Waals surface area contributed by atoms with E-state index in [0.29, 0.717) is 24.2 Å². The normalized spacial score (nSPS) is 34.2. The summed E-state index contributed by atoms with van der Waals surface area (Å²) >= 11 is 0. The van der Waals surface area contributed by atoms with E-state index in [1.54, 1.807) is 0 Å². The van der Waals surface area contributed by atoms with E-state index < -0.39 is 5.60 Å². The Kier molecular flexibility index (Phi) is 3.79. The van der Waals surface area contributed by atoms with E-state index in [-0.39, 0.29) is 18.0 Å². The molecular weight excluding hydrogens is 360 g/mol. The number of benzene rings is 1. The van der Waals surface area contributed by atoms with Gasteiger partial charge in [0.1, 0.15) is 0 Å². The number of rotatable bonds is 4. The maximum Gasteiger partial charge on any atom is 0.223 e. The van der Waals surface area contributed by atoms with Gasteiger partial charge in [0.05, 0.1) is 5.60 Å². The minimum Gasteiger partial charge on any atom is -0.390 e. The van der Waals surface area contributed by atoms with Crippen molar-refractivity contribution in [1.82, 2.24) is 9.88 Å². The van der Waals surface area contributed by atoms with Crippen molar-refractivity contribution in [3.8, 4) is 0 Å². The predicted octanol–water partition coefficient (Wildman–Crippen LogP) is 4.75. The fourth-order valence-corrected chi connectivity index (χ4v) is 7.14. The maximum atomic E-state index is 13.4. The summed E-state index contributed by atoms with van der Waals surface area (Å²) < 4.78 is 0. The summed E-state index contributed by atoms with van der Waals surface area (Å²) in [7, 11) is 0. The van der Waals surface area contributed by atoms with Crippen molar-refractivity contribution < 1.29 is 9.90 Å². The Morgan fingerprint density at radius 3 is 2.62 bits per heavy atom. The van der Waals surface area contributed by atoms with E-state index >= 15 is 0 Å². The Balaban J connectivity index is 1.27. The monoisotopic (exact) mass is 392 g/mol. The van der Waals surface area contributed by atoms with Crippen molar-refractivity contribution in [1.29, 1.82) is 0 Å². The van der Waals surface area contributed by atoms with Crippen LogP contribution < -0.4 is 0 Å². The van der Waals surface area contributed by atoms with Crippen LogP contribution in [0.5, 0.6) is 0 Å². The number of nitrogens with zero attached hydrogens (tertiary/aromatic N) is 1. The number of aromatic amines is 1. The lowest BCUT2D eigenvalue weighted by Crippen LogP contribution is -2.65. The Bertz CT molecular complexity index is 972. The molecule has 29 heavy (non-hydrogen) atoms. The number of hydrogen-bond acceptors (Lipinski definition) is 2. The van der Waals surface area contributed by atoms with E-state index in [9.17, 15) is 9.90 Å². The smallest absolute Gasteiger partial charge is 0.223 e. The summed E-state index contributed by atoms with van der Waals surface area (Å²) in [5.74, 6) is 1.82. The number of carbonyl (C=O) groups excluding carboxylic acids is 1. The first kappa shape index (κ1) is 18.0. The van der Waals surface area contributed by atoms with Gasteiger partial charge < -0.3 is 15.0 Å². The molecule has 154 valence electrons. The molecule has 4 nitrogen and oxygen atoms in total. The molecule has 4 heteroatoms. The largest absolute Gasteiger partial charge is 0.390 e. The average Bonchev–Trinajstić information content (AvgIpc) is 3.37. The molecule has 3 heterocycles. The fourth-order valence-electron chi connectivity index (χ4n) is 7.14. The lowest BCUT2D eigenvalue weighted by molar-refractivity contribution is -0.174. The van der Waals surface area contributed by atoms with Crippen LogP contribution in [0.15, 0.2) is 18.3 Å². The van der Waals surface area contributed by atoms with Gasteiger partial charge in [0, 0.05) is 35.6 Å². The molecule has 5 aliphatic rings. The summed E-state index contributed by atoms with van der Waals surface area (Å²) in [5.41, 5.74) is 4.92. The topological polar surface area (TPSA) is 56.3 Å². The standard InChI is InChI=1S/C25H32N2O2/c1-14-3-6-21-24(23(14)17-4-5-17)20(13-26-21)15(2)7-22(28)27-18-8-16-9-19(27)12-25(29,10-16)11-18/h3,6,13,15-19,26,29H,4-5,7-12H2,1-2H3. The van der Waals surface area contributed by atoms with Crippen LogP contribution in [0.4, 0.5) is 0 Å². The summed E-state index contributed by atoms with van der Waals surface area (Å²) in [6.45, 7) is 4.44. The summed E-state index contributed by atoms with van der Waals surface area (Å²) in [6.07, 6.45) is 10.0. The van der Waals surface area contributed by atoms with E-state index in [2.05, 4.69) is 42.1 Å². The summed E-state index contributed by atoms with van der Waals surface area (Å²) in [5, 5.41) is 12.2. The number of H-pyrrole nitrogens is 1. The molecule has 1 aromatic heterocycles. The quantitative estimate of drug-likeness (QED) is 0.789. The molecular formula is C25H32N2O2. The third-order valence-corrected chi connectivity index (χ3v) is 8.32. The van der Waals surface area contributed by atoms with Gasteiger partial charge >= 0.3 is 0 Å². The van der Waals surface area contributed by atoms with Gasteiger partial charge in [-0.25, -0.2) is 0 Å². The van der Waals surface area contributed by atoms with Gasteiger partial charge in [-0.1, -0.05) is 13.0 Å². The first-order valence-corrected chi connectivity index (χ1v) is 11.6. The molecule has 1 amide bonds. The number of fused-ring (bicyclic) bond motifs is 1. The maximum absolute atomic E-state index is 13.4. The van der Waals surface area contributed by atoms with E-state index in [0.717, 1.165) is 32.1 Å². The first-order valence-electron chi connectivity index (χ1n) is 11.6.